The molecule has 12 heavy (non-hydrogen) atoms. The predicted molar refractivity (Wildman–Crippen MR) is 47.3 cm³/mol. The van der Waals surface area contributed by atoms with Gasteiger partial charge in [0, 0.05) is 22.3 Å². The van der Waals surface area contributed by atoms with Gasteiger partial charge in [0.05, 0.1) is 0 Å². The van der Waals surface area contributed by atoms with Crippen LogP contribution in [-0.4, -0.2) is 11.5 Å². The van der Waals surface area contributed by atoms with Crippen molar-refractivity contribution in [1.29, 1.82) is 0 Å². The summed E-state index contributed by atoms with van der Waals surface area (Å²) in [6, 6.07) is 1.94. The molecule has 2 heterocycles. The third-order valence-corrected chi connectivity index (χ3v) is 2.47. The largest absolute Gasteiger partial charge is 0.310 e. The summed E-state index contributed by atoms with van der Waals surface area (Å²) in [5.41, 5.74) is 0.663. The number of hydrogen-bond donors (Lipinski definition) is 1. The fourth-order valence-corrected chi connectivity index (χ4v) is 1.59. The molecule has 0 aromatic carbocycles. The van der Waals surface area contributed by atoms with E-state index in [0.717, 1.165) is 17.4 Å². The second-order valence-corrected chi connectivity index (χ2v) is 3.74. The van der Waals surface area contributed by atoms with Crippen molar-refractivity contribution < 1.29 is 4.39 Å². The van der Waals surface area contributed by atoms with Gasteiger partial charge in [-0.3, -0.25) is 0 Å². The van der Waals surface area contributed by atoms with Crippen LogP contribution < -0.4 is 5.32 Å². The van der Waals surface area contributed by atoms with E-state index in [1.165, 1.54) is 6.20 Å². The lowest BCUT2D eigenvalue weighted by molar-refractivity contribution is 0.366. The molecule has 0 aliphatic carbocycles. The molecule has 0 amide bonds. The van der Waals surface area contributed by atoms with Crippen molar-refractivity contribution in [1.82, 2.24) is 10.3 Å². The van der Waals surface area contributed by atoms with E-state index >= 15 is 0 Å². The van der Waals surface area contributed by atoms with E-state index < -0.39 is 0 Å². The third-order valence-electron chi connectivity index (χ3n) is 2.03. The highest BCUT2D eigenvalue weighted by molar-refractivity contribution is 9.10. The van der Waals surface area contributed by atoms with Crippen molar-refractivity contribution in [3.05, 3.63) is 28.2 Å². The second kappa shape index (κ2) is 3.11. The molecule has 0 saturated carbocycles. The summed E-state index contributed by atoms with van der Waals surface area (Å²) < 4.78 is 13.9. The molecule has 1 fully saturated rings. The van der Waals surface area contributed by atoms with Crippen LogP contribution in [0.25, 0.3) is 0 Å². The SMILES string of the molecule is Fc1ncc(Br)cc1C1CCN1. The highest BCUT2D eigenvalue weighted by Gasteiger charge is 2.22. The summed E-state index contributed by atoms with van der Waals surface area (Å²) in [4.78, 5) is 3.63. The molecule has 64 valence electrons. The van der Waals surface area contributed by atoms with E-state index in [-0.39, 0.29) is 12.0 Å². The van der Waals surface area contributed by atoms with Crippen LogP contribution in [0.4, 0.5) is 4.39 Å². The molecule has 1 N–H and O–H groups in total. The van der Waals surface area contributed by atoms with Gasteiger partial charge in [-0.1, -0.05) is 0 Å². The van der Waals surface area contributed by atoms with Gasteiger partial charge in [-0.15, -0.1) is 0 Å². The Morgan fingerprint density at radius 1 is 1.67 bits per heavy atom. The summed E-state index contributed by atoms with van der Waals surface area (Å²) in [7, 11) is 0. The second-order valence-electron chi connectivity index (χ2n) is 2.83. The molecule has 1 atom stereocenters. The molecule has 2 nitrogen and oxygen atoms in total. The van der Waals surface area contributed by atoms with Crippen molar-refractivity contribution >= 4 is 15.9 Å². The maximum Gasteiger partial charge on any atom is 0.217 e. The van der Waals surface area contributed by atoms with Gasteiger partial charge >= 0.3 is 0 Å². The molecular weight excluding hydrogens is 223 g/mol. The number of hydrogen-bond acceptors (Lipinski definition) is 2. The number of rotatable bonds is 1. The number of aromatic nitrogens is 1. The summed E-state index contributed by atoms with van der Waals surface area (Å²) in [5, 5.41) is 3.13. The van der Waals surface area contributed by atoms with E-state index in [1.54, 1.807) is 6.07 Å². The Hall–Kier alpha value is -0.480. The van der Waals surface area contributed by atoms with Gasteiger partial charge in [0.2, 0.25) is 5.95 Å². The van der Waals surface area contributed by atoms with Gasteiger partial charge in [-0.25, -0.2) is 4.98 Å². The molecule has 0 spiro atoms. The van der Waals surface area contributed by atoms with Crippen molar-refractivity contribution in [3.8, 4) is 0 Å². The van der Waals surface area contributed by atoms with Crippen LogP contribution in [0.3, 0.4) is 0 Å². The molecule has 1 aromatic heterocycles. The molecule has 1 aliphatic heterocycles. The lowest BCUT2D eigenvalue weighted by Crippen LogP contribution is -2.35. The normalized spacial score (nSPS) is 22.0. The molecule has 0 bridgehead atoms. The highest BCUT2D eigenvalue weighted by Crippen LogP contribution is 2.26. The van der Waals surface area contributed by atoms with E-state index in [4.69, 9.17) is 0 Å². The summed E-state index contributed by atoms with van der Waals surface area (Å²) in [6.45, 7) is 0.969. The average molecular weight is 231 g/mol. The minimum Gasteiger partial charge on any atom is -0.310 e. The average Bonchev–Trinajstić information content (AvgIpc) is 1.93. The van der Waals surface area contributed by atoms with Crippen LogP contribution in [0.5, 0.6) is 0 Å². The predicted octanol–water partition coefficient (Wildman–Crippen LogP) is 2.02. The summed E-state index contributed by atoms with van der Waals surface area (Å²) in [6.07, 6.45) is 2.46. The van der Waals surface area contributed by atoms with Crippen molar-refractivity contribution in [2.45, 2.75) is 12.5 Å². The Bertz CT molecular complexity index is 299. The first kappa shape index (κ1) is 8.13. The minimum absolute atomic E-state index is 0.162. The summed E-state index contributed by atoms with van der Waals surface area (Å²) >= 11 is 3.26. The zero-order chi connectivity index (χ0) is 8.55. The van der Waals surface area contributed by atoms with Gasteiger partial charge in [-0.05, 0) is 35.0 Å². The molecule has 1 unspecified atom stereocenters. The lowest BCUT2D eigenvalue weighted by atomic mass is 10.00. The first-order valence-electron chi connectivity index (χ1n) is 3.81. The van der Waals surface area contributed by atoms with Crippen LogP contribution in [0.2, 0.25) is 0 Å². The van der Waals surface area contributed by atoms with Crippen molar-refractivity contribution in [3.63, 3.8) is 0 Å². The minimum atomic E-state index is -0.365. The monoisotopic (exact) mass is 230 g/mol. The van der Waals surface area contributed by atoms with E-state index in [0.29, 0.717) is 5.56 Å². The lowest BCUT2D eigenvalue weighted by Gasteiger charge is -2.27. The fourth-order valence-electron chi connectivity index (χ4n) is 1.24. The maximum atomic E-state index is 13.1. The Labute approximate surface area is 78.3 Å². The van der Waals surface area contributed by atoms with Crippen LogP contribution >= 0.6 is 15.9 Å². The molecule has 2 rings (SSSR count). The van der Waals surface area contributed by atoms with E-state index in [9.17, 15) is 4.39 Å². The Balaban J connectivity index is 2.34. The Morgan fingerprint density at radius 3 is 3.00 bits per heavy atom. The van der Waals surface area contributed by atoms with Gasteiger partial charge < -0.3 is 5.32 Å². The van der Waals surface area contributed by atoms with Gasteiger partial charge in [0.1, 0.15) is 0 Å². The molecular formula is C8H8BrFN2. The van der Waals surface area contributed by atoms with Crippen LogP contribution in [0, 0.1) is 5.95 Å². The molecule has 0 radical (unpaired) electrons. The number of nitrogens with zero attached hydrogens (tertiary/aromatic N) is 1. The zero-order valence-corrected chi connectivity index (χ0v) is 7.94. The maximum absolute atomic E-state index is 13.1. The van der Waals surface area contributed by atoms with Gasteiger partial charge in [0.15, 0.2) is 0 Å². The Kier molecular flexibility index (Phi) is 2.11. The van der Waals surface area contributed by atoms with E-state index in [2.05, 4.69) is 26.2 Å². The number of nitrogens with one attached hydrogen (secondary N) is 1. The molecule has 1 saturated heterocycles. The fraction of sp³-hybridized carbons (Fsp3) is 0.375. The van der Waals surface area contributed by atoms with Crippen LogP contribution in [0.15, 0.2) is 16.7 Å². The summed E-state index contributed by atoms with van der Waals surface area (Å²) in [5.74, 6) is -0.365. The first-order valence-corrected chi connectivity index (χ1v) is 4.61. The zero-order valence-electron chi connectivity index (χ0n) is 6.35. The number of halogens is 2. The first-order chi connectivity index (χ1) is 5.77. The van der Waals surface area contributed by atoms with Gasteiger partial charge in [-0.2, -0.15) is 4.39 Å². The third kappa shape index (κ3) is 1.36. The van der Waals surface area contributed by atoms with Crippen molar-refractivity contribution in [2.24, 2.45) is 0 Å². The van der Waals surface area contributed by atoms with Gasteiger partial charge in [0.25, 0.3) is 0 Å². The molecule has 1 aromatic rings. The van der Waals surface area contributed by atoms with Crippen molar-refractivity contribution in [2.75, 3.05) is 6.54 Å². The topological polar surface area (TPSA) is 24.9 Å². The van der Waals surface area contributed by atoms with Crippen LogP contribution in [-0.2, 0) is 0 Å². The molecule has 4 heteroatoms. The van der Waals surface area contributed by atoms with Crippen LogP contribution in [0.1, 0.15) is 18.0 Å². The smallest absolute Gasteiger partial charge is 0.217 e. The highest BCUT2D eigenvalue weighted by atomic mass is 79.9. The molecule has 1 aliphatic rings. The number of pyridine rings is 1. The van der Waals surface area contributed by atoms with E-state index in [1.807, 2.05) is 0 Å². The standard InChI is InChI=1S/C8H8BrFN2/c9-5-3-6(7-1-2-11-7)8(10)12-4-5/h3-4,7,11H,1-2H2. The Morgan fingerprint density at radius 2 is 2.42 bits per heavy atom. The quantitative estimate of drug-likeness (QED) is 0.748.